The quantitative estimate of drug-likeness (QED) is 0.624. The van der Waals surface area contributed by atoms with Gasteiger partial charge in [0.1, 0.15) is 30.0 Å². The molecule has 0 aliphatic heterocycles. The highest BCUT2D eigenvalue weighted by molar-refractivity contribution is 5.46. The molecule has 2 heterocycles. The van der Waals surface area contributed by atoms with Crippen LogP contribution in [0.25, 0.3) is 0 Å². The first-order chi connectivity index (χ1) is 12.6. The number of hydrogen-bond acceptors (Lipinski definition) is 7. The van der Waals surface area contributed by atoms with Gasteiger partial charge in [-0.2, -0.15) is 0 Å². The Kier molecular flexibility index (Phi) is 5.19. The third-order valence-corrected chi connectivity index (χ3v) is 3.82. The fraction of sp³-hybridized carbons (Fsp3) is 0.158. The molecule has 0 bridgehead atoms. The lowest BCUT2D eigenvalue weighted by Gasteiger charge is -2.20. The lowest BCUT2D eigenvalue weighted by molar-refractivity contribution is 0.234. The lowest BCUT2D eigenvalue weighted by atomic mass is 10.0. The Morgan fingerprint density at radius 3 is 2.62 bits per heavy atom. The Bertz CT molecular complexity index is 923. The van der Waals surface area contributed by atoms with E-state index in [1.165, 1.54) is 0 Å². The van der Waals surface area contributed by atoms with Crippen molar-refractivity contribution in [1.82, 2.24) is 4.98 Å². The number of anilines is 1. The number of pyridine rings is 1. The number of ether oxygens (including phenoxy) is 1. The number of methoxy groups -OCH3 is 1. The van der Waals surface area contributed by atoms with Gasteiger partial charge in [-0.3, -0.25) is 4.79 Å². The molecule has 0 saturated heterocycles. The third kappa shape index (κ3) is 3.68. The Morgan fingerprint density at radius 1 is 1.23 bits per heavy atom. The monoisotopic (exact) mass is 354 g/mol. The molecule has 0 unspecified atom stereocenters. The topological polar surface area (TPSA) is 105 Å². The number of rotatable bonds is 6. The number of aliphatic hydroxyl groups is 1. The molecule has 0 amide bonds. The summed E-state index contributed by atoms with van der Waals surface area (Å²) in [6.45, 7) is -0.457. The van der Waals surface area contributed by atoms with E-state index in [1.807, 2.05) is 0 Å². The molecule has 1 atom stereocenters. The van der Waals surface area contributed by atoms with E-state index in [0.717, 1.165) is 6.07 Å². The van der Waals surface area contributed by atoms with Gasteiger partial charge in [-0.25, -0.2) is 4.98 Å². The van der Waals surface area contributed by atoms with Gasteiger partial charge in [-0.1, -0.05) is 18.2 Å². The van der Waals surface area contributed by atoms with Crippen LogP contribution in [0.4, 0.5) is 5.82 Å². The smallest absolute Gasteiger partial charge is 0.227 e. The van der Waals surface area contributed by atoms with Crippen molar-refractivity contribution in [3.63, 3.8) is 0 Å². The maximum atomic E-state index is 12.0. The second-order valence-corrected chi connectivity index (χ2v) is 5.51. The highest BCUT2D eigenvalue weighted by Gasteiger charge is 2.24. The maximum absolute atomic E-state index is 12.0. The maximum Gasteiger partial charge on any atom is 0.227 e. The van der Waals surface area contributed by atoms with E-state index in [4.69, 9.17) is 9.15 Å². The molecule has 0 aliphatic rings. The molecular formula is C19H18N2O5. The van der Waals surface area contributed by atoms with Crippen LogP contribution in [-0.2, 0) is 6.61 Å². The molecule has 3 rings (SSSR count). The zero-order chi connectivity index (χ0) is 18.5. The number of hydrogen-bond donors (Lipinski definition) is 3. The SMILES string of the molecule is COc1ccc([C@H](Nc2ccccn2)c2oc(CO)cc(=O)c2O)cc1. The molecule has 7 heteroatoms. The summed E-state index contributed by atoms with van der Waals surface area (Å²) >= 11 is 0. The van der Waals surface area contributed by atoms with Crippen molar-refractivity contribution >= 4 is 5.82 Å². The molecule has 0 spiro atoms. The van der Waals surface area contributed by atoms with Crippen LogP contribution in [-0.4, -0.2) is 22.3 Å². The van der Waals surface area contributed by atoms with Crippen molar-refractivity contribution in [2.45, 2.75) is 12.6 Å². The summed E-state index contributed by atoms with van der Waals surface area (Å²) in [7, 11) is 1.56. The van der Waals surface area contributed by atoms with Crippen LogP contribution >= 0.6 is 0 Å². The van der Waals surface area contributed by atoms with Crippen LogP contribution in [0, 0.1) is 0 Å². The minimum atomic E-state index is -0.699. The predicted molar refractivity (Wildman–Crippen MR) is 95.3 cm³/mol. The zero-order valence-corrected chi connectivity index (χ0v) is 14.0. The molecule has 1 aromatic carbocycles. The third-order valence-electron chi connectivity index (χ3n) is 3.82. The van der Waals surface area contributed by atoms with Gasteiger partial charge in [0, 0.05) is 12.3 Å². The zero-order valence-electron chi connectivity index (χ0n) is 14.0. The molecule has 0 aliphatic carbocycles. The first-order valence-electron chi connectivity index (χ1n) is 7.90. The van der Waals surface area contributed by atoms with Crippen LogP contribution in [0.3, 0.4) is 0 Å². The van der Waals surface area contributed by atoms with Crippen LogP contribution in [0.5, 0.6) is 11.5 Å². The second kappa shape index (κ2) is 7.71. The van der Waals surface area contributed by atoms with Crippen LogP contribution in [0.1, 0.15) is 23.1 Å². The van der Waals surface area contributed by atoms with Gasteiger partial charge in [0.05, 0.1) is 7.11 Å². The Hall–Kier alpha value is -3.32. The molecule has 0 saturated carbocycles. The van der Waals surface area contributed by atoms with E-state index in [2.05, 4.69) is 10.3 Å². The Labute approximate surface area is 149 Å². The first kappa shape index (κ1) is 17.5. The molecule has 2 aromatic heterocycles. The number of aromatic nitrogens is 1. The summed E-state index contributed by atoms with van der Waals surface area (Å²) in [5.74, 6) is 0.734. The van der Waals surface area contributed by atoms with Crippen LogP contribution < -0.4 is 15.5 Å². The van der Waals surface area contributed by atoms with E-state index in [9.17, 15) is 15.0 Å². The fourth-order valence-corrected chi connectivity index (χ4v) is 2.52. The standard InChI is InChI=1S/C19H18N2O5/c1-25-13-7-5-12(6-8-13)17(21-16-4-2-3-9-20-16)19-18(24)15(23)10-14(11-22)26-19/h2-10,17,22,24H,11H2,1H3,(H,20,21)/t17-/m0/s1. The average molecular weight is 354 g/mol. The summed E-state index contributed by atoms with van der Waals surface area (Å²) in [5, 5.41) is 22.7. The summed E-state index contributed by atoms with van der Waals surface area (Å²) in [6.07, 6.45) is 1.62. The minimum Gasteiger partial charge on any atom is -0.502 e. The number of nitrogens with zero attached hydrogens (tertiary/aromatic N) is 1. The number of aromatic hydroxyl groups is 1. The minimum absolute atomic E-state index is 0.00244. The van der Waals surface area contributed by atoms with Gasteiger partial charge in [-0.05, 0) is 29.8 Å². The molecule has 134 valence electrons. The van der Waals surface area contributed by atoms with Gasteiger partial charge in [0.2, 0.25) is 11.2 Å². The van der Waals surface area contributed by atoms with Crippen molar-refractivity contribution < 1.29 is 19.4 Å². The highest BCUT2D eigenvalue weighted by atomic mass is 16.5. The summed E-state index contributed by atoms with van der Waals surface area (Å²) in [6, 6.07) is 12.8. The van der Waals surface area contributed by atoms with Crippen molar-refractivity contribution in [1.29, 1.82) is 0 Å². The largest absolute Gasteiger partial charge is 0.502 e. The van der Waals surface area contributed by atoms with Crippen molar-refractivity contribution in [3.8, 4) is 11.5 Å². The molecule has 7 nitrogen and oxygen atoms in total. The first-order valence-corrected chi connectivity index (χ1v) is 7.90. The molecule has 0 fully saturated rings. The average Bonchev–Trinajstić information content (AvgIpc) is 2.69. The van der Waals surface area contributed by atoms with E-state index >= 15 is 0 Å². The Morgan fingerprint density at radius 2 is 2.00 bits per heavy atom. The van der Waals surface area contributed by atoms with E-state index < -0.39 is 23.8 Å². The summed E-state index contributed by atoms with van der Waals surface area (Å²) in [5.41, 5.74) is 0.0848. The van der Waals surface area contributed by atoms with Crippen molar-refractivity contribution in [3.05, 3.63) is 82.0 Å². The van der Waals surface area contributed by atoms with Gasteiger partial charge < -0.3 is 24.7 Å². The summed E-state index contributed by atoms with van der Waals surface area (Å²) in [4.78, 5) is 16.2. The fourth-order valence-electron chi connectivity index (χ4n) is 2.52. The van der Waals surface area contributed by atoms with E-state index in [1.54, 1.807) is 55.8 Å². The number of nitrogens with one attached hydrogen (secondary N) is 1. The van der Waals surface area contributed by atoms with Gasteiger partial charge in [-0.15, -0.1) is 0 Å². The Balaban J connectivity index is 2.11. The predicted octanol–water partition coefficient (Wildman–Crippen LogP) is 2.44. The molecular weight excluding hydrogens is 336 g/mol. The van der Waals surface area contributed by atoms with Gasteiger partial charge in [0.25, 0.3) is 0 Å². The number of benzene rings is 1. The van der Waals surface area contributed by atoms with Crippen LogP contribution in [0.15, 0.2) is 63.9 Å². The number of aliphatic hydroxyl groups excluding tert-OH is 1. The normalized spacial score (nSPS) is 11.8. The molecule has 3 N–H and O–H groups in total. The summed E-state index contributed by atoms with van der Waals surface area (Å²) < 4.78 is 10.7. The highest BCUT2D eigenvalue weighted by Crippen LogP contribution is 2.31. The van der Waals surface area contributed by atoms with Crippen molar-refractivity contribution in [2.24, 2.45) is 0 Å². The molecule has 3 aromatic rings. The van der Waals surface area contributed by atoms with Crippen LogP contribution in [0.2, 0.25) is 0 Å². The molecule has 0 radical (unpaired) electrons. The molecule has 26 heavy (non-hydrogen) atoms. The van der Waals surface area contributed by atoms with Gasteiger partial charge in [0.15, 0.2) is 5.76 Å². The van der Waals surface area contributed by atoms with E-state index in [-0.39, 0.29) is 11.5 Å². The van der Waals surface area contributed by atoms with Crippen molar-refractivity contribution in [2.75, 3.05) is 12.4 Å². The lowest BCUT2D eigenvalue weighted by Crippen LogP contribution is -2.17. The van der Waals surface area contributed by atoms with Gasteiger partial charge >= 0.3 is 0 Å². The second-order valence-electron chi connectivity index (χ2n) is 5.51. The van der Waals surface area contributed by atoms with E-state index in [0.29, 0.717) is 17.1 Å².